The Kier molecular flexibility index (Phi) is 10.5. The Hall–Kier alpha value is -3.40. The third-order valence-corrected chi connectivity index (χ3v) is 6.30. The third-order valence-electron chi connectivity index (χ3n) is 6.30. The lowest BCUT2D eigenvalue weighted by Gasteiger charge is -2.32. The number of urea groups is 1. The minimum Gasteiger partial charge on any atom is -0.385 e. The number of esters is 2. The third kappa shape index (κ3) is 9.87. The molecule has 0 saturated carbocycles. The Morgan fingerprint density at radius 3 is 2.14 bits per heavy atom. The van der Waals surface area contributed by atoms with E-state index in [4.69, 9.17) is 0 Å². The van der Waals surface area contributed by atoms with E-state index in [1.165, 1.54) is 10.5 Å². The van der Waals surface area contributed by atoms with Crippen LogP contribution < -0.4 is 5.32 Å². The minimum absolute atomic E-state index is 0.266. The molecule has 2 amide bonds. The van der Waals surface area contributed by atoms with Gasteiger partial charge in [-0.25, -0.2) is 14.4 Å². The second-order valence-corrected chi connectivity index (χ2v) is 9.15. The first-order valence-electron chi connectivity index (χ1n) is 12.4. The number of hydrogen-bond acceptors (Lipinski definition) is 5. The van der Waals surface area contributed by atoms with Crippen molar-refractivity contribution in [3.63, 3.8) is 0 Å². The van der Waals surface area contributed by atoms with Gasteiger partial charge in [-0.15, -0.1) is 0 Å². The maximum Gasteiger partial charge on any atom is 0.491 e. The number of carbonyl (C=O) groups excluding carboxylic acids is 3. The number of benzene rings is 2. The second kappa shape index (κ2) is 13.8. The molecule has 1 aliphatic rings. The van der Waals surface area contributed by atoms with E-state index in [2.05, 4.69) is 39.2 Å². The van der Waals surface area contributed by atoms with Crippen molar-refractivity contribution in [1.82, 2.24) is 15.1 Å². The van der Waals surface area contributed by atoms with Crippen molar-refractivity contribution in [3.05, 3.63) is 71.8 Å². The highest BCUT2D eigenvalue weighted by molar-refractivity contribution is 5.90. The molecule has 3 rings (SSSR count). The van der Waals surface area contributed by atoms with Gasteiger partial charge < -0.3 is 19.9 Å². The van der Waals surface area contributed by atoms with Gasteiger partial charge >= 0.3 is 24.1 Å². The van der Waals surface area contributed by atoms with Crippen LogP contribution in [0.2, 0.25) is 0 Å². The molecule has 0 aliphatic carbocycles. The number of amides is 2. The molecule has 0 radical (unpaired) electrons. The average Bonchev–Trinajstić information content (AvgIpc) is 2.88. The zero-order chi connectivity index (χ0) is 26.7. The van der Waals surface area contributed by atoms with E-state index in [1.54, 1.807) is 0 Å². The molecular weight excluding hydrogens is 487 g/mol. The van der Waals surface area contributed by atoms with Crippen LogP contribution in [0.5, 0.6) is 0 Å². The Morgan fingerprint density at radius 2 is 1.54 bits per heavy atom. The molecule has 2 aromatic carbocycles. The summed E-state index contributed by atoms with van der Waals surface area (Å²) in [7, 11) is 0. The molecule has 37 heavy (non-hydrogen) atoms. The number of hydrogen-bond donors (Lipinski definition) is 1. The second-order valence-electron chi connectivity index (χ2n) is 9.15. The number of rotatable bonds is 10. The van der Waals surface area contributed by atoms with Gasteiger partial charge in [0.05, 0.1) is 0 Å². The van der Waals surface area contributed by atoms with Gasteiger partial charge in [-0.1, -0.05) is 60.7 Å². The van der Waals surface area contributed by atoms with Crippen LogP contribution in [0.15, 0.2) is 60.7 Å². The first kappa shape index (κ1) is 28.2. The molecule has 7 nitrogen and oxygen atoms in total. The number of alkyl halides is 3. The summed E-state index contributed by atoms with van der Waals surface area (Å²) in [6.07, 6.45) is -1.28. The topological polar surface area (TPSA) is 79.0 Å². The molecule has 0 aromatic heterocycles. The predicted molar refractivity (Wildman–Crippen MR) is 131 cm³/mol. The first-order valence-corrected chi connectivity index (χ1v) is 12.4. The number of carbonyl (C=O) groups is 3. The van der Waals surface area contributed by atoms with E-state index in [9.17, 15) is 27.6 Å². The van der Waals surface area contributed by atoms with Crippen molar-refractivity contribution >= 4 is 18.0 Å². The Morgan fingerprint density at radius 1 is 0.946 bits per heavy atom. The standard InChI is InChI=1S/C27H32F3N3O4/c28-27(29,30)25(35)37-24(34)19-31-26(36)33(20-23-10-5-2-6-11-23)15-7-14-32-16-12-22(13-17-32)18-21-8-3-1-4-9-21/h1-6,8-11,22H,7,12-20H2,(H,31,36). The molecule has 2 aromatic rings. The van der Waals surface area contributed by atoms with Crippen molar-refractivity contribution in [2.75, 3.05) is 32.7 Å². The Labute approximate surface area is 214 Å². The van der Waals surface area contributed by atoms with E-state index < -0.39 is 30.7 Å². The van der Waals surface area contributed by atoms with Gasteiger partial charge in [0.1, 0.15) is 6.54 Å². The molecule has 1 heterocycles. The number of nitrogens with one attached hydrogen (secondary N) is 1. The first-order chi connectivity index (χ1) is 17.7. The van der Waals surface area contributed by atoms with Crippen molar-refractivity contribution in [2.45, 2.75) is 38.4 Å². The van der Waals surface area contributed by atoms with Crippen molar-refractivity contribution < 1.29 is 32.3 Å². The monoisotopic (exact) mass is 519 g/mol. The summed E-state index contributed by atoms with van der Waals surface area (Å²) in [5, 5.41) is 2.26. The molecule has 0 spiro atoms. The summed E-state index contributed by atoms with van der Waals surface area (Å²) < 4.78 is 40.5. The summed E-state index contributed by atoms with van der Waals surface area (Å²) in [6, 6.07) is 19.1. The molecule has 0 bridgehead atoms. The summed E-state index contributed by atoms with van der Waals surface area (Å²) >= 11 is 0. The van der Waals surface area contributed by atoms with Crippen LogP contribution in [0.4, 0.5) is 18.0 Å². The molecule has 200 valence electrons. The van der Waals surface area contributed by atoms with E-state index in [-0.39, 0.29) is 6.54 Å². The van der Waals surface area contributed by atoms with E-state index >= 15 is 0 Å². The summed E-state index contributed by atoms with van der Waals surface area (Å²) in [5.41, 5.74) is 2.23. The van der Waals surface area contributed by atoms with Crippen LogP contribution in [0, 0.1) is 5.92 Å². The van der Waals surface area contributed by atoms with Crippen LogP contribution >= 0.6 is 0 Å². The molecule has 1 N–H and O–H groups in total. The molecule has 1 aliphatic heterocycles. The smallest absolute Gasteiger partial charge is 0.385 e. The maximum absolute atomic E-state index is 12.7. The van der Waals surface area contributed by atoms with E-state index in [0.29, 0.717) is 18.9 Å². The highest BCUT2D eigenvalue weighted by Gasteiger charge is 2.42. The molecule has 10 heteroatoms. The molecular formula is C27H32F3N3O4. The number of ether oxygens (including phenoxy) is 1. The lowest BCUT2D eigenvalue weighted by molar-refractivity contribution is -0.201. The summed E-state index contributed by atoms with van der Waals surface area (Å²) in [6.45, 7) is 2.59. The Bertz CT molecular complexity index is 1010. The largest absolute Gasteiger partial charge is 0.491 e. The van der Waals surface area contributed by atoms with Gasteiger partial charge in [-0.3, -0.25) is 0 Å². The van der Waals surface area contributed by atoms with Gasteiger partial charge in [-0.2, -0.15) is 13.2 Å². The normalized spacial score (nSPS) is 14.7. The zero-order valence-electron chi connectivity index (χ0n) is 20.6. The summed E-state index contributed by atoms with van der Waals surface area (Å²) in [5.74, 6) is -3.43. The van der Waals surface area contributed by atoms with Crippen LogP contribution in [0.25, 0.3) is 0 Å². The van der Waals surface area contributed by atoms with Crippen LogP contribution in [-0.2, 0) is 27.3 Å². The fourth-order valence-electron chi connectivity index (χ4n) is 4.36. The highest BCUT2D eigenvalue weighted by atomic mass is 19.4. The predicted octanol–water partition coefficient (Wildman–Crippen LogP) is 4.18. The van der Waals surface area contributed by atoms with E-state index in [0.717, 1.165) is 44.5 Å². The Balaban J connectivity index is 1.45. The van der Waals surface area contributed by atoms with Gasteiger partial charge in [0.2, 0.25) is 0 Å². The van der Waals surface area contributed by atoms with Gasteiger partial charge in [-0.05, 0) is 62.4 Å². The molecule has 0 unspecified atom stereocenters. The van der Waals surface area contributed by atoms with Gasteiger partial charge in [0.25, 0.3) is 0 Å². The van der Waals surface area contributed by atoms with Crippen molar-refractivity contribution in [3.8, 4) is 0 Å². The lowest BCUT2D eigenvalue weighted by atomic mass is 9.90. The summed E-state index contributed by atoms with van der Waals surface area (Å²) in [4.78, 5) is 39.0. The van der Waals surface area contributed by atoms with Gasteiger partial charge in [0.15, 0.2) is 0 Å². The fraction of sp³-hybridized carbons (Fsp3) is 0.444. The fourth-order valence-corrected chi connectivity index (χ4v) is 4.36. The van der Waals surface area contributed by atoms with Crippen molar-refractivity contribution in [1.29, 1.82) is 0 Å². The van der Waals surface area contributed by atoms with E-state index in [1.807, 2.05) is 36.4 Å². The van der Waals surface area contributed by atoms with Crippen LogP contribution in [0.3, 0.4) is 0 Å². The number of nitrogens with zero attached hydrogens (tertiary/aromatic N) is 2. The molecule has 0 atom stereocenters. The maximum atomic E-state index is 12.7. The SMILES string of the molecule is O=C(CNC(=O)N(CCCN1CCC(Cc2ccccc2)CC1)Cc1ccccc1)OC(=O)C(F)(F)F. The highest BCUT2D eigenvalue weighted by Crippen LogP contribution is 2.22. The minimum atomic E-state index is -5.28. The average molecular weight is 520 g/mol. The molecule has 1 fully saturated rings. The van der Waals surface area contributed by atoms with Gasteiger partial charge in [0, 0.05) is 13.1 Å². The quantitative estimate of drug-likeness (QED) is 0.377. The molecule has 1 saturated heterocycles. The lowest BCUT2D eigenvalue weighted by Crippen LogP contribution is -2.44. The number of halogens is 3. The zero-order valence-corrected chi connectivity index (χ0v) is 20.6. The van der Waals surface area contributed by atoms with Crippen LogP contribution in [-0.4, -0.2) is 66.7 Å². The van der Waals surface area contributed by atoms with Crippen molar-refractivity contribution in [2.24, 2.45) is 5.92 Å². The number of piperidine rings is 1. The number of likely N-dealkylation sites (tertiary alicyclic amines) is 1. The van der Waals surface area contributed by atoms with Crippen LogP contribution in [0.1, 0.15) is 30.4 Å².